The highest BCUT2D eigenvalue weighted by molar-refractivity contribution is 5.35. The standard InChI is InChI=1S/C16H25NO/c1-4-16(17-3)12-6-5-11-15(16,2)13-7-9-14(18)10-8-13/h7-10,17-18H,4-6,11-12H2,1-3H3. The zero-order chi connectivity index (χ0) is 13.2. The van der Waals surface area contributed by atoms with Gasteiger partial charge in [-0.3, -0.25) is 0 Å². The number of benzene rings is 1. The van der Waals surface area contributed by atoms with E-state index in [-0.39, 0.29) is 11.0 Å². The fourth-order valence-corrected chi connectivity index (χ4v) is 3.82. The largest absolute Gasteiger partial charge is 0.508 e. The summed E-state index contributed by atoms with van der Waals surface area (Å²) in [4.78, 5) is 0. The van der Waals surface area contributed by atoms with Crippen molar-refractivity contribution in [1.29, 1.82) is 0 Å². The van der Waals surface area contributed by atoms with E-state index in [1.54, 1.807) is 0 Å². The van der Waals surface area contributed by atoms with Crippen LogP contribution in [-0.4, -0.2) is 17.7 Å². The van der Waals surface area contributed by atoms with Crippen LogP contribution in [0.1, 0.15) is 51.5 Å². The molecule has 1 aliphatic carbocycles. The Morgan fingerprint density at radius 3 is 2.33 bits per heavy atom. The van der Waals surface area contributed by atoms with Crippen molar-refractivity contribution in [1.82, 2.24) is 5.32 Å². The molecule has 1 aromatic carbocycles. The minimum absolute atomic E-state index is 0.155. The summed E-state index contributed by atoms with van der Waals surface area (Å²) >= 11 is 0. The molecule has 0 aromatic heterocycles. The predicted octanol–water partition coefficient (Wildman–Crippen LogP) is 3.59. The van der Waals surface area contributed by atoms with Gasteiger partial charge >= 0.3 is 0 Å². The van der Waals surface area contributed by atoms with Gasteiger partial charge in [-0.25, -0.2) is 0 Å². The fourth-order valence-electron chi connectivity index (χ4n) is 3.82. The van der Waals surface area contributed by atoms with Gasteiger partial charge in [0.15, 0.2) is 0 Å². The number of likely N-dealkylation sites (N-methyl/N-ethyl adjacent to an activating group) is 1. The quantitative estimate of drug-likeness (QED) is 0.855. The van der Waals surface area contributed by atoms with Crippen LogP contribution in [0.25, 0.3) is 0 Å². The molecule has 18 heavy (non-hydrogen) atoms. The lowest BCUT2D eigenvalue weighted by molar-refractivity contribution is 0.118. The van der Waals surface area contributed by atoms with Crippen LogP contribution in [0.3, 0.4) is 0 Å². The average Bonchev–Trinajstić information content (AvgIpc) is 2.40. The number of hydrogen-bond donors (Lipinski definition) is 2. The Labute approximate surface area is 110 Å². The van der Waals surface area contributed by atoms with Gasteiger partial charge in [0.2, 0.25) is 0 Å². The van der Waals surface area contributed by atoms with Gasteiger partial charge in [-0.15, -0.1) is 0 Å². The van der Waals surface area contributed by atoms with Gasteiger partial charge in [0.05, 0.1) is 0 Å². The van der Waals surface area contributed by atoms with Crippen LogP contribution in [0, 0.1) is 0 Å². The summed E-state index contributed by atoms with van der Waals surface area (Å²) in [6.45, 7) is 4.65. The number of phenols is 1. The summed E-state index contributed by atoms with van der Waals surface area (Å²) in [5, 5.41) is 13.1. The van der Waals surface area contributed by atoms with Crippen LogP contribution in [0.5, 0.6) is 5.75 Å². The normalized spacial score (nSPS) is 32.4. The Morgan fingerprint density at radius 1 is 1.17 bits per heavy atom. The summed E-state index contributed by atoms with van der Waals surface area (Å²) < 4.78 is 0. The molecule has 1 aromatic rings. The molecule has 1 fully saturated rings. The highest BCUT2D eigenvalue weighted by Crippen LogP contribution is 2.48. The second-order valence-electron chi connectivity index (χ2n) is 5.77. The molecule has 0 amide bonds. The number of phenolic OH excluding ortho intramolecular Hbond substituents is 1. The van der Waals surface area contributed by atoms with E-state index in [1.807, 2.05) is 12.1 Å². The van der Waals surface area contributed by atoms with Gasteiger partial charge in [0, 0.05) is 11.0 Å². The van der Waals surface area contributed by atoms with Gasteiger partial charge in [-0.1, -0.05) is 38.8 Å². The van der Waals surface area contributed by atoms with Crippen molar-refractivity contribution in [3.63, 3.8) is 0 Å². The van der Waals surface area contributed by atoms with E-state index >= 15 is 0 Å². The molecule has 2 heteroatoms. The molecule has 0 aliphatic heterocycles. The topological polar surface area (TPSA) is 32.3 Å². The molecular weight excluding hydrogens is 222 g/mol. The van der Waals surface area contributed by atoms with Gasteiger partial charge in [-0.2, -0.15) is 0 Å². The Balaban J connectivity index is 2.44. The lowest BCUT2D eigenvalue weighted by Gasteiger charge is -2.52. The molecule has 1 aliphatic rings. The number of aromatic hydroxyl groups is 1. The van der Waals surface area contributed by atoms with E-state index in [4.69, 9.17) is 0 Å². The van der Waals surface area contributed by atoms with Gasteiger partial charge in [0.1, 0.15) is 5.75 Å². The van der Waals surface area contributed by atoms with E-state index in [0.29, 0.717) is 5.75 Å². The number of hydrogen-bond acceptors (Lipinski definition) is 2. The Morgan fingerprint density at radius 2 is 1.78 bits per heavy atom. The molecule has 2 atom stereocenters. The van der Waals surface area contributed by atoms with E-state index in [1.165, 1.54) is 31.2 Å². The van der Waals surface area contributed by atoms with Crippen LogP contribution in [0.15, 0.2) is 24.3 Å². The maximum absolute atomic E-state index is 9.47. The second kappa shape index (κ2) is 4.93. The van der Waals surface area contributed by atoms with Crippen LogP contribution in [-0.2, 0) is 5.41 Å². The minimum Gasteiger partial charge on any atom is -0.508 e. The maximum Gasteiger partial charge on any atom is 0.115 e. The SMILES string of the molecule is CCC1(NC)CCCCC1(C)c1ccc(O)cc1. The second-order valence-corrected chi connectivity index (χ2v) is 5.77. The average molecular weight is 247 g/mol. The Bertz CT molecular complexity index is 394. The van der Waals surface area contributed by atoms with Crippen LogP contribution >= 0.6 is 0 Å². The Hall–Kier alpha value is -1.02. The molecule has 0 heterocycles. The first kappa shape index (κ1) is 13.4. The van der Waals surface area contributed by atoms with E-state index < -0.39 is 0 Å². The highest BCUT2D eigenvalue weighted by Gasteiger charge is 2.48. The van der Waals surface area contributed by atoms with E-state index in [2.05, 4.69) is 38.3 Å². The van der Waals surface area contributed by atoms with Crippen molar-refractivity contribution in [2.24, 2.45) is 0 Å². The van der Waals surface area contributed by atoms with Gasteiger partial charge < -0.3 is 10.4 Å². The first-order valence-corrected chi connectivity index (χ1v) is 7.06. The summed E-state index contributed by atoms with van der Waals surface area (Å²) in [6, 6.07) is 7.79. The monoisotopic (exact) mass is 247 g/mol. The molecule has 0 spiro atoms. The summed E-state index contributed by atoms with van der Waals surface area (Å²) in [5.74, 6) is 0.352. The third-order valence-corrected chi connectivity index (χ3v) is 5.17. The maximum atomic E-state index is 9.47. The molecule has 1 saturated carbocycles. The first-order valence-electron chi connectivity index (χ1n) is 7.06. The molecule has 0 bridgehead atoms. The van der Waals surface area contributed by atoms with Gasteiger partial charge in [-0.05, 0) is 44.0 Å². The molecule has 2 nitrogen and oxygen atoms in total. The van der Waals surface area contributed by atoms with Crippen LogP contribution in [0.2, 0.25) is 0 Å². The summed E-state index contributed by atoms with van der Waals surface area (Å²) in [5.41, 5.74) is 1.68. The molecule has 2 N–H and O–H groups in total. The van der Waals surface area contributed by atoms with Crippen LogP contribution in [0.4, 0.5) is 0 Å². The number of nitrogens with one attached hydrogen (secondary N) is 1. The third kappa shape index (κ3) is 1.93. The van der Waals surface area contributed by atoms with Crippen molar-refractivity contribution in [3.05, 3.63) is 29.8 Å². The lowest BCUT2D eigenvalue weighted by atomic mass is 9.58. The zero-order valence-corrected chi connectivity index (χ0v) is 11.8. The van der Waals surface area contributed by atoms with E-state index in [9.17, 15) is 5.11 Å². The minimum atomic E-state index is 0.155. The van der Waals surface area contributed by atoms with Crippen molar-refractivity contribution >= 4 is 0 Å². The molecule has 0 radical (unpaired) electrons. The molecular formula is C16H25NO. The third-order valence-electron chi connectivity index (χ3n) is 5.17. The molecule has 2 rings (SSSR count). The molecule has 2 unspecified atom stereocenters. The van der Waals surface area contributed by atoms with Crippen molar-refractivity contribution in [3.8, 4) is 5.75 Å². The predicted molar refractivity (Wildman–Crippen MR) is 76.0 cm³/mol. The van der Waals surface area contributed by atoms with Gasteiger partial charge in [0.25, 0.3) is 0 Å². The van der Waals surface area contributed by atoms with Crippen molar-refractivity contribution in [2.45, 2.75) is 56.9 Å². The van der Waals surface area contributed by atoms with E-state index in [0.717, 1.165) is 6.42 Å². The molecule has 0 saturated heterocycles. The van der Waals surface area contributed by atoms with Crippen LogP contribution < -0.4 is 5.32 Å². The van der Waals surface area contributed by atoms with Crippen molar-refractivity contribution < 1.29 is 5.11 Å². The molecule has 100 valence electrons. The first-order chi connectivity index (χ1) is 8.58. The highest BCUT2D eigenvalue weighted by atomic mass is 16.3. The smallest absolute Gasteiger partial charge is 0.115 e. The summed E-state index contributed by atoms with van der Waals surface area (Å²) in [6.07, 6.45) is 6.19. The number of rotatable bonds is 3. The lowest BCUT2D eigenvalue weighted by Crippen LogP contribution is -2.59. The fraction of sp³-hybridized carbons (Fsp3) is 0.625. The zero-order valence-electron chi connectivity index (χ0n) is 11.8. The summed E-state index contributed by atoms with van der Waals surface area (Å²) in [7, 11) is 2.09. The van der Waals surface area contributed by atoms with Crippen molar-refractivity contribution in [2.75, 3.05) is 7.05 Å². The Kier molecular flexibility index (Phi) is 3.67.